The summed E-state index contributed by atoms with van der Waals surface area (Å²) in [5.74, 6) is 2.36. The van der Waals surface area contributed by atoms with Crippen molar-refractivity contribution in [2.45, 2.75) is 32.1 Å². The maximum atomic E-state index is 6.20. The molecule has 0 bridgehead atoms. The van der Waals surface area contributed by atoms with Crippen LogP contribution < -0.4 is 14.2 Å². The van der Waals surface area contributed by atoms with E-state index in [0.717, 1.165) is 52.8 Å². The Hall–Kier alpha value is -5.22. The highest BCUT2D eigenvalue weighted by atomic mass is 16.5. The first-order chi connectivity index (χ1) is 21.6. The largest absolute Gasteiger partial charge is 0.451 e. The minimum Gasteiger partial charge on any atom is -0.451 e. The van der Waals surface area contributed by atoms with Gasteiger partial charge in [0.2, 0.25) is 5.69 Å². The fourth-order valence-corrected chi connectivity index (χ4v) is 7.34. The van der Waals surface area contributed by atoms with Crippen LogP contribution in [0.1, 0.15) is 37.8 Å². The van der Waals surface area contributed by atoms with Crippen molar-refractivity contribution >= 4 is 17.2 Å². The fraction of sp³-hybridized carbons (Fsp3) is 0.150. The molecule has 2 aromatic heterocycles. The second-order valence-corrected chi connectivity index (χ2v) is 11.8. The highest BCUT2D eigenvalue weighted by molar-refractivity contribution is 5.86. The summed E-state index contributed by atoms with van der Waals surface area (Å²) in [7, 11) is 2.12. The van der Waals surface area contributed by atoms with Crippen LogP contribution in [0.2, 0.25) is 0 Å². The second kappa shape index (κ2) is 10.2. The Kier molecular flexibility index (Phi) is 6.12. The molecule has 0 unspecified atom stereocenters. The Bertz CT molecular complexity index is 2010. The van der Waals surface area contributed by atoms with Gasteiger partial charge in [-0.3, -0.25) is 4.90 Å². The summed E-state index contributed by atoms with van der Waals surface area (Å²) in [5.41, 5.74) is 12.5. The van der Waals surface area contributed by atoms with E-state index < -0.39 is 0 Å². The maximum absolute atomic E-state index is 6.20. The van der Waals surface area contributed by atoms with Gasteiger partial charge in [-0.05, 0) is 94.8 Å². The van der Waals surface area contributed by atoms with Crippen molar-refractivity contribution in [1.29, 1.82) is 0 Å². The van der Waals surface area contributed by atoms with Gasteiger partial charge in [0.1, 0.15) is 7.05 Å². The third kappa shape index (κ3) is 3.91. The minimum atomic E-state index is 0.0529. The lowest BCUT2D eigenvalue weighted by atomic mass is 9.73. The molecule has 0 radical (unpaired) electrons. The van der Waals surface area contributed by atoms with E-state index in [1.165, 1.54) is 33.4 Å². The average molecular weight is 573 g/mol. The van der Waals surface area contributed by atoms with E-state index in [4.69, 9.17) is 9.72 Å². The van der Waals surface area contributed by atoms with Crippen molar-refractivity contribution in [2.75, 3.05) is 4.90 Å². The average Bonchev–Trinajstić information content (AvgIpc) is 3.36. The summed E-state index contributed by atoms with van der Waals surface area (Å²) < 4.78 is 8.40. The zero-order chi connectivity index (χ0) is 29.8. The molecule has 0 saturated heterocycles. The molecule has 4 aromatic carbocycles. The van der Waals surface area contributed by atoms with Crippen LogP contribution in [0.3, 0.4) is 0 Å². The molecule has 0 spiro atoms. The molecule has 6 aromatic rings. The second-order valence-electron chi connectivity index (χ2n) is 11.8. The van der Waals surface area contributed by atoms with Crippen LogP contribution in [-0.2, 0) is 12.5 Å². The van der Waals surface area contributed by atoms with E-state index in [2.05, 4.69) is 121 Å². The third-order valence-electron chi connectivity index (χ3n) is 9.65. The lowest BCUT2D eigenvalue weighted by Crippen LogP contribution is -2.30. The smallest absolute Gasteiger partial charge is 0.212 e. The third-order valence-corrected chi connectivity index (χ3v) is 9.65. The van der Waals surface area contributed by atoms with E-state index in [1.807, 2.05) is 36.5 Å². The first kappa shape index (κ1) is 26.4. The van der Waals surface area contributed by atoms with Gasteiger partial charge >= 0.3 is 0 Å². The summed E-state index contributed by atoms with van der Waals surface area (Å²) in [6.45, 7) is 4.66. The summed E-state index contributed by atoms with van der Waals surface area (Å²) in [5, 5.41) is 0. The summed E-state index contributed by atoms with van der Waals surface area (Å²) in [6, 6.07) is 41.3. The summed E-state index contributed by atoms with van der Waals surface area (Å²) in [6.07, 6.45) is 6.16. The van der Waals surface area contributed by atoms with Crippen LogP contribution >= 0.6 is 0 Å². The number of benzene rings is 4. The molecule has 3 heterocycles. The summed E-state index contributed by atoms with van der Waals surface area (Å²) >= 11 is 0. The number of fused-ring (bicyclic) bond motifs is 5. The number of rotatable bonds is 5. The van der Waals surface area contributed by atoms with Crippen molar-refractivity contribution in [3.8, 4) is 45.0 Å². The lowest BCUT2D eigenvalue weighted by molar-refractivity contribution is -0.660. The lowest BCUT2D eigenvalue weighted by Gasteiger charge is -2.31. The van der Waals surface area contributed by atoms with Crippen LogP contribution in [0.15, 0.2) is 128 Å². The van der Waals surface area contributed by atoms with Crippen LogP contribution in [0.5, 0.6) is 11.5 Å². The van der Waals surface area contributed by atoms with Crippen molar-refractivity contribution in [3.63, 3.8) is 0 Å². The Morgan fingerprint density at radius 3 is 2.34 bits per heavy atom. The molecule has 0 amide bonds. The van der Waals surface area contributed by atoms with Gasteiger partial charge in [-0.2, -0.15) is 0 Å². The number of aromatic nitrogens is 2. The molecular weight excluding hydrogens is 538 g/mol. The van der Waals surface area contributed by atoms with E-state index in [0.29, 0.717) is 0 Å². The molecule has 0 fully saturated rings. The van der Waals surface area contributed by atoms with Gasteiger partial charge in [-0.1, -0.05) is 68.4 Å². The van der Waals surface area contributed by atoms with E-state index in [1.54, 1.807) is 0 Å². The monoisotopic (exact) mass is 572 g/mol. The van der Waals surface area contributed by atoms with E-state index in [9.17, 15) is 0 Å². The number of pyridine rings is 2. The highest BCUT2D eigenvalue weighted by Crippen LogP contribution is 2.53. The molecule has 1 aliphatic carbocycles. The molecule has 8 rings (SSSR count). The number of anilines is 3. The maximum Gasteiger partial charge on any atom is 0.212 e. The molecule has 2 aliphatic rings. The SMILES string of the molecule is CCC1(CC)c2ccccc2-c2ccc(-c3cc[n+](C)c(-c4cccc(N5c6ccccc6Oc6cccnc65)c4)c3)cc21. The number of hydrogen-bond donors (Lipinski definition) is 0. The van der Waals surface area contributed by atoms with Gasteiger partial charge in [-0.15, -0.1) is 0 Å². The molecule has 0 saturated carbocycles. The van der Waals surface area contributed by atoms with Crippen molar-refractivity contribution in [2.24, 2.45) is 7.05 Å². The Morgan fingerprint density at radius 1 is 0.682 bits per heavy atom. The van der Waals surface area contributed by atoms with E-state index in [-0.39, 0.29) is 5.41 Å². The van der Waals surface area contributed by atoms with Gasteiger partial charge in [-0.25, -0.2) is 9.55 Å². The van der Waals surface area contributed by atoms with Crippen molar-refractivity contribution in [1.82, 2.24) is 4.98 Å². The van der Waals surface area contributed by atoms with Crippen molar-refractivity contribution in [3.05, 3.63) is 139 Å². The predicted octanol–water partition coefficient (Wildman–Crippen LogP) is 9.90. The number of hydrogen-bond acceptors (Lipinski definition) is 3. The summed E-state index contributed by atoms with van der Waals surface area (Å²) in [4.78, 5) is 6.90. The van der Waals surface area contributed by atoms with Gasteiger partial charge in [0.15, 0.2) is 23.5 Å². The Labute approximate surface area is 258 Å². The number of ether oxygens (including phenoxy) is 1. The van der Waals surface area contributed by atoms with Gasteiger partial charge in [0, 0.05) is 35.0 Å². The first-order valence-electron chi connectivity index (χ1n) is 15.5. The van der Waals surface area contributed by atoms with Crippen LogP contribution in [0.25, 0.3) is 33.5 Å². The number of para-hydroxylation sites is 2. The van der Waals surface area contributed by atoms with E-state index >= 15 is 0 Å². The standard InChI is InChI=1S/C40H34N3O/c1-4-40(5-2)33-15-7-6-14-31(33)32-20-19-27(25-34(32)40)28-21-23-42(3)36(26-28)29-12-10-13-30(24-29)43-35-16-8-9-17-37(35)44-38-18-11-22-41-39(38)43/h6-26H,4-5H2,1-3H3/q+1. The molecule has 1 aliphatic heterocycles. The zero-order valence-electron chi connectivity index (χ0n) is 25.3. The minimum absolute atomic E-state index is 0.0529. The number of nitrogens with zero attached hydrogens (tertiary/aromatic N) is 3. The Morgan fingerprint density at radius 2 is 1.45 bits per heavy atom. The zero-order valence-corrected chi connectivity index (χ0v) is 25.3. The molecule has 0 atom stereocenters. The highest BCUT2D eigenvalue weighted by Gasteiger charge is 2.40. The van der Waals surface area contributed by atoms with Gasteiger partial charge in [0.05, 0.1) is 5.69 Å². The molecule has 4 heteroatoms. The topological polar surface area (TPSA) is 29.2 Å². The molecule has 214 valence electrons. The van der Waals surface area contributed by atoms with Gasteiger partial charge in [0.25, 0.3) is 0 Å². The fourth-order valence-electron chi connectivity index (χ4n) is 7.34. The normalized spacial score (nSPS) is 13.8. The molecular formula is C40H34N3O+. The Balaban J connectivity index is 1.22. The number of aryl methyl sites for hydroxylation is 1. The van der Waals surface area contributed by atoms with Crippen LogP contribution in [-0.4, -0.2) is 4.98 Å². The predicted molar refractivity (Wildman–Crippen MR) is 178 cm³/mol. The van der Waals surface area contributed by atoms with Crippen LogP contribution in [0, 0.1) is 0 Å². The molecule has 44 heavy (non-hydrogen) atoms. The first-order valence-corrected chi connectivity index (χ1v) is 15.5. The van der Waals surface area contributed by atoms with Gasteiger partial charge < -0.3 is 4.74 Å². The van der Waals surface area contributed by atoms with Crippen molar-refractivity contribution < 1.29 is 9.30 Å². The molecule has 0 N–H and O–H groups in total. The van der Waals surface area contributed by atoms with Crippen LogP contribution in [0.4, 0.5) is 17.2 Å². The quantitative estimate of drug-likeness (QED) is 0.192. The molecule has 4 nitrogen and oxygen atoms in total.